The van der Waals surface area contributed by atoms with E-state index in [-0.39, 0.29) is 12.5 Å². The first-order chi connectivity index (χ1) is 9.72. The third-order valence-corrected chi connectivity index (χ3v) is 3.62. The molecule has 1 fully saturated rings. The molecule has 2 rings (SSSR count). The standard InChI is InChI=1S/C15H23N3O2/c1-20-14(10-16)15(19)17-13-6-4-12(5-7-13)11-18-8-2-3-9-18/h4-7,14H,2-3,8-11,16H2,1H3,(H,17,19). The van der Waals surface area contributed by atoms with Crippen molar-refractivity contribution in [2.45, 2.75) is 25.5 Å². The van der Waals surface area contributed by atoms with Gasteiger partial charge in [0.25, 0.3) is 5.91 Å². The first-order valence-corrected chi connectivity index (χ1v) is 7.08. The van der Waals surface area contributed by atoms with Crippen LogP contribution in [0, 0.1) is 0 Å². The second kappa shape index (κ2) is 7.38. The molecule has 0 aromatic heterocycles. The van der Waals surface area contributed by atoms with Gasteiger partial charge in [-0.05, 0) is 43.6 Å². The fourth-order valence-electron chi connectivity index (χ4n) is 2.43. The minimum Gasteiger partial charge on any atom is -0.370 e. The Bertz CT molecular complexity index is 423. The van der Waals surface area contributed by atoms with Crippen LogP contribution in [0.2, 0.25) is 0 Å². The average molecular weight is 277 g/mol. The summed E-state index contributed by atoms with van der Waals surface area (Å²) in [6.07, 6.45) is 2.00. The normalized spacial score (nSPS) is 17.1. The highest BCUT2D eigenvalue weighted by atomic mass is 16.5. The zero-order valence-electron chi connectivity index (χ0n) is 12.0. The van der Waals surface area contributed by atoms with Crippen LogP contribution in [0.15, 0.2) is 24.3 Å². The van der Waals surface area contributed by atoms with E-state index in [1.165, 1.54) is 38.6 Å². The average Bonchev–Trinajstić information content (AvgIpc) is 2.95. The van der Waals surface area contributed by atoms with Crippen molar-refractivity contribution in [3.8, 4) is 0 Å². The van der Waals surface area contributed by atoms with Gasteiger partial charge in [0.15, 0.2) is 0 Å². The molecule has 1 atom stereocenters. The van der Waals surface area contributed by atoms with Crippen molar-refractivity contribution in [2.24, 2.45) is 5.73 Å². The second-order valence-corrected chi connectivity index (χ2v) is 5.13. The van der Waals surface area contributed by atoms with Crippen molar-refractivity contribution in [3.05, 3.63) is 29.8 Å². The van der Waals surface area contributed by atoms with Crippen molar-refractivity contribution < 1.29 is 9.53 Å². The zero-order valence-corrected chi connectivity index (χ0v) is 12.0. The zero-order chi connectivity index (χ0) is 14.4. The number of hydrogen-bond donors (Lipinski definition) is 2. The fraction of sp³-hybridized carbons (Fsp3) is 0.533. The number of nitrogens with zero attached hydrogens (tertiary/aromatic N) is 1. The molecule has 1 aromatic carbocycles. The largest absolute Gasteiger partial charge is 0.370 e. The van der Waals surface area contributed by atoms with Crippen molar-refractivity contribution in [1.29, 1.82) is 0 Å². The van der Waals surface area contributed by atoms with E-state index in [1.54, 1.807) is 0 Å². The van der Waals surface area contributed by atoms with E-state index < -0.39 is 6.10 Å². The Balaban J connectivity index is 1.89. The summed E-state index contributed by atoms with van der Waals surface area (Å²) in [6, 6.07) is 7.95. The van der Waals surface area contributed by atoms with Crippen LogP contribution >= 0.6 is 0 Å². The van der Waals surface area contributed by atoms with Gasteiger partial charge in [0.05, 0.1) is 0 Å². The number of benzene rings is 1. The van der Waals surface area contributed by atoms with Crippen LogP contribution in [0.25, 0.3) is 0 Å². The molecule has 1 heterocycles. The molecule has 1 aromatic rings. The van der Waals surface area contributed by atoms with Gasteiger partial charge in [-0.3, -0.25) is 9.69 Å². The van der Waals surface area contributed by atoms with Gasteiger partial charge in [-0.1, -0.05) is 12.1 Å². The maximum atomic E-state index is 11.8. The molecule has 1 aliphatic heterocycles. The minimum absolute atomic E-state index is 0.176. The summed E-state index contributed by atoms with van der Waals surface area (Å²) in [7, 11) is 1.48. The molecule has 110 valence electrons. The van der Waals surface area contributed by atoms with Crippen molar-refractivity contribution in [2.75, 3.05) is 32.1 Å². The molecule has 3 N–H and O–H groups in total. The first kappa shape index (κ1) is 15.0. The number of nitrogens with two attached hydrogens (primary N) is 1. The quantitative estimate of drug-likeness (QED) is 0.820. The number of methoxy groups -OCH3 is 1. The summed E-state index contributed by atoms with van der Waals surface area (Å²) in [4.78, 5) is 14.3. The van der Waals surface area contributed by atoms with E-state index >= 15 is 0 Å². The second-order valence-electron chi connectivity index (χ2n) is 5.13. The lowest BCUT2D eigenvalue weighted by Gasteiger charge is -2.15. The van der Waals surface area contributed by atoms with Crippen LogP contribution in [0.1, 0.15) is 18.4 Å². The summed E-state index contributed by atoms with van der Waals surface area (Å²) in [5.74, 6) is -0.206. The lowest BCUT2D eigenvalue weighted by molar-refractivity contribution is -0.125. The smallest absolute Gasteiger partial charge is 0.254 e. The number of carbonyl (C=O) groups excluding carboxylic acids is 1. The first-order valence-electron chi connectivity index (χ1n) is 7.08. The molecule has 1 amide bonds. The number of carbonyl (C=O) groups is 1. The summed E-state index contributed by atoms with van der Waals surface area (Å²) in [5.41, 5.74) is 7.51. The molecule has 20 heavy (non-hydrogen) atoms. The molecule has 0 radical (unpaired) electrons. The molecule has 0 bridgehead atoms. The van der Waals surface area contributed by atoms with Gasteiger partial charge in [0.2, 0.25) is 0 Å². The molecule has 0 saturated carbocycles. The lowest BCUT2D eigenvalue weighted by Crippen LogP contribution is -2.35. The number of hydrogen-bond acceptors (Lipinski definition) is 4. The number of nitrogens with one attached hydrogen (secondary N) is 1. The highest BCUT2D eigenvalue weighted by Crippen LogP contribution is 2.15. The summed E-state index contributed by atoms with van der Waals surface area (Å²) >= 11 is 0. The molecular formula is C15H23N3O2. The minimum atomic E-state index is -0.598. The van der Waals surface area contributed by atoms with Gasteiger partial charge in [-0.15, -0.1) is 0 Å². The van der Waals surface area contributed by atoms with Crippen LogP contribution in [0.3, 0.4) is 0 Å². The third kappa shape index (κ3) is 4.03. The van der Waals surface area contributed by atoms with E-state index in [0.717, 1.165) is 12.2 Å². The molecular weight excluding hydrogens is 254 g/mol. The number of likely N-dealkylation sites (tertiary alicyclic amines) is 1. The lowest BCUT2D eigenvalue weighted by atomic mass is 10.2. The van der Waals surface area contributed by atoms with Gasteiger partial charge >= 0.3 is 0 Å². The number of ether oxygens (including phenoxy) is 1. The summed E-state index contributed by atoms with van der Waals surface area (Å²) < 4.78 is 5.00. The van der Waals surface area contributed by atoms with Crippen LogP contribution in [0.4, 0.5) is 5.69 Å². The Morgan fingerprint density at radius 3 is 2.55 bits per heavy atom. The van der Waals surface area contributed by atoms with E-state index in [9.17, 15) is 4.79 Å². The molecule has 1 aliphatic rings. The third-order valence-electron chi connectivity index (χ3n) is 3.62. The number of rotatable bonds is 6. The van der Waals surface area contributed by atoms with Crippen molar-refractivity contribution in [1.82, 2.24) is 4.90 Å². The van der Waals surface area contributed by atoms with Gasteiger partial charge in [0, 0.05) is 25.9 Å². The monoisotopic (exact) mass is 277 g/mol. The highest BCUT2D eigenvalue weighted by molar-refractivity contribution is 5.94. The van der Waals surface area contributed by atoms with E-state index in [4.69, 9.17) is 10.5 Å². The van der Waals surface area contributed by atoms with Crippen LogP contribution in [-0.2, 0) is 16.1 Å². The summed E-state index contributed by atoms with van der Waals surface area (Å²) in [6.45, 7) is 3.53. The molecule has 0 spiro atoms. The number of amides is 1. The molecule has 1 unspecified atom stereocenters. The van der Waals surface area contributed by atoms with Crippen LogP contribution < -0.4 is 11.1 Å². The van der Waals surface area contributed by atoms with E-state index in [1.807, 2.05) is 12.1 Å². The van der Waals surface area contributed by atoms with Crippen molar-refractivity contribution >= 4 is 11.6 Å². The molecule has 5 nitrogen and oxygen atoms in total. The maximum absolute atomic E-state index is 11.8. The Labute approximate surface area is 120 Å². The van der Waals surface area contributed by atoms with Crippen molar-refractivity contribution in [3.63, 3.8) is 0 Å². The molecule has 0 aliphatic carbocycles. The Hall–Kier alpha value is -1.43. The maximum Gasteiger partial charge on any atom is 0.254 e. The van der Waals surface area contributed by atoms with Crippen LogP contribution in [-0.4, -0.2) is 43.7 Å². The highest BCUT2D eigenvalue weighted by Gasteiger charge is 2.16. The Morgan fingerprint density at radius 2 is 2.00 bits per heavy atom. The predicted molar refractivity (Wildman–Crippen MR) is 79.4 cm³/mol. The Morgan fingerprint density at radius 1 is 1.35 bits per heavy atom. The fourth-order valence-corrected chi connectivity index (χ4v) is 2.43. The van der Waals surface area contributed by atoms with E-state index in [0.29, 0.717) is 0 Å². The van der Waals surface area contributed by atoms with Gasteiger partial charge in [-0.2, -0.15) is 0 Å². The van der Waals surface area contributed by atoms with Gasteiger partial charge in [-0.25, -0.2) is 0 Å². The number of anilines is 1. The Kier molecular flexibility index (Phi) is 5.52. The topological polar surface area (TPSA) is 67.6 Å². The van der Waals surface area contributed by atoms with Gasteiger partial charge in [0.1, 0.15) is 6.10 Å². The summed E-state index contributed by atoms with van der Waals surface area (Å²) in [5, 5.41) is 2.81. The molecule has 5 heteroatoms. The molecule has 1 saturated heterocycles. The van der Waals surface area contributed by atoms with Gasteiger partial charge < -0.3 is 15.8 Å². The predicted octanol–water partition coefficient (Wildman–Crippen LogP) is 1.19. The van der Waals surface area contributed by atoms with E-state index in [2.05, 4.69) is 22.3 Å². The van der Waals surface area contributed by atoms with Crippen LogP contribution in [0.5, 0.6) is 0 Å². The SMILES string of the molecule is COC(CN)C(=O)Nc1ccc(CN2CCCC2)cc1.